The van der Waals surface area contributed by atoms with Crippen molar-refractivity contribution in [3.63, 3.8) is 0 Å². The molecule has 34 heavy (non-hydrogen) atoms. The third-order valence-electron chi connectivity index (χ3n) is 6.17. The lowest BCUT2D eigenvalue weighted by molar-refractivity contribution is -0.138. The van der Waals surface area contributed by atoms with Crippen molar-refractivity contribution in [1.29, 1.82) is 0 Å². The zero-order chi connectivity index (χ0) is 24.6. The molecule has 2 aromatic carbocycles. The van der Waals surface area contributed by atoms with Gasteiger partial charge in [-0.3, -0.25) is 14.4 Å². The van der Waals surface area contributed by atoms with Crippen molar-refractivity contribution in [3.05, 3.63) is 70.6 Å². The molecule has 178 valence electrons. The van der Waals surface area contributed by atoms with E-state index in [1.54, 1.807) is 30.3 Å². The molecule has 7 nitrogen and oxygen atoms in total. The lowest BCUT2D eigenvalue weighted by Crippen LogP contribution is -2.49. The predicted molar refractivity (Wildman–Crippen MR) is 124 cm³/mol. The number of fused-ring (bicyclic) bond motifs is 1. The Hall–Kier alpha value is -3.30. The first kappa shape index (κ1) is 23.8. The Morgan fingerprint density at radius 2 is 1.85 bits per heavy atom. The molecule has 1 aliphatic rings. The Kier molecular flexibility index (Phi) is 6.67. The average Bonchev–Trinajstić information content (AvgIpc) is 3.32. The summed E-state index contributed by atoms with van der Waals surface area (Å²) in [4.78, 5) is 39.1. The van der Waals surface area contributed by atoms with Gasteiger partial charge in [0.1, 0.15) is 24.6 Å². The highest BCUT2D eigenvalue weighted by molar-refractivity contribution is 6.30. The lowest BCUT2D eigenvalue weighted by atomic mass is 9.98. The molecule has 0 unspecified atom stereocenters. The molecule has 2 amide bonds. The van der Waals surface area contributed by atoms with Crippen LogP contribution in [0.1, 0.15) is 22.3 Å². The van der Waals surface area contributed by atoms with E-state index in [4.69, 9.17) is 23.1 Å². The van der Waals surface area contributed by atoms with Crippen molar-refractivity contribution in [2.75, 3.05) is 6.54 Å². The van der Waals surface area contributed by atoms with Gasteiger partial charge in [0.2, 0.25) is 5.91 Å². The number of Topliss-reactive ketones (excluding diaryl/α,β-unsaturated/α-hetero) is 1. The van der Waals surface area contributed by atoms with Gasteiger partial charge in [-0.15, -0.1) is 0 Å². The number of nitrogens with two attached hydrogens (primary N) is 2. The molecule has 0 aliphatic carbocycles. The van der Waals surface area contributed by atoms with Gasteiger partial charge in [-0.1, -0.05) is 41.9 Å². The molecule has 4 rings (SSSR count). The Bertz CT molecular complexity index is 1280. The highest BCUT2D eigenvalue weighted by Gasteiger charge is 2.45. The van der Waals surface area contributed by atoms with Gasteiger partial charge in [0.15, 0.2) is 5.78 Å². The summed E-state index contributed by atoms with van der Waals surface area (Å²) in [5.74, 6) is -2.25. The molecule has 0 radical (unpaired) electrons. The SMILES string of the molecule is NC(=O)c1cn(CC(=O)N2C[C@H](F)[C@@H](N)[C@H]2C(=O)CCc2cccc(Cl)c2F)c2ccccc12. The number of aryl methyl sites for hydroxylation is 1. The van der Waals surface area contributed by atoms with E-state index in [0.29, 0.717) is 10.9 Å². The largest absolute Gasteiger partial charge is 0.366 e. The second-order valence-corrected chi connectivity index (χ2v) is 8.72. The van der Waals surface area contributed by atoms with Crippen molar-refractivity contribution in [2.45, 2.75) is 37.6 Å². The van der Waals surface area contributed by atoms with Crippen molar-refractivity contribution in [2.24, 2.45) is 11.5 Å². The molecule has 0 spiro atoms. The van der Waals surface area contributed by atoms with E-state index in [1.165, 1.54) is 22.9 Å². The van der Waals surface area contributed by atoms with Crippen LogP contribution < -0.4 is 11.5 Å². The molecule has 2 heterocycles. The number of carbonyl (C=O) groups is 3. The summed E-state index contributed by atoms with van der Waals surface area (Å²) in [5.41, 5.74) is 12.5. The van der Waals surface area contributed by atoms with Crippen LogP contribution in [0.4, 0.5) is 8.78 Å². The van der Waals surface area contributed by atoms with E-state index in [-0.39, 0.29) is 42.1 Å². The molecule has 3 aromatic rings. The number of hydrogen-bond acceptors (Lipinski definition) is 4. The van der Waals surface area contributed by atoms with E-state index in [0.717, 1.165) is 4.90 Å². The number of para-hydroxylation sites is 1. The number of carbonyl (C=O) groups excluding carboxylic acids is 3. The number of nitrogens with zero attached hydrogens (tertiary/aromatic N) is 2. The van der Waals surface area contributed by atoms with Crippen LogP contribution in [0, 0.1) is 5.82 Å². The van der Waals surface area contributed by atoms with Gasteiger partial charge in [0.05, 0.1) is 23.2 Å². The molecule has 10 heteroatoms. The van der Waals surface area contributed by atoms with E-state index in [1.807, 2.05) is 0 Å². The van der Waals surface area contributed by atoms with E-state index in [9.17, 15) is 23.2 Å². The van der Waals surface area contributed by atoms with Gasteiger partial charge in [-0.25, -0.2) is 8.78 Å². The Morgan fingerprint density at radius 1 is 1.12 bits per heavy atom. The number of benzene rings is 2. The molecule has 1 fully saturated rings. The summed E-state index contributed by atoms with van der Waals surface area (Å²) in [6.07, 6.45) is -0.211. The predicted octanol–water partition coefficient (Wildman–Crippen LogP) is 2.61. The first-order chi connectivity index (χ1) is 16.2. The molecule has 1 aromatic heterocycles. The molecule has 0 saturated carbocycles. The minimum absolute atomic E-state index is 0.0393. The first-order valence-electron chi connectivity index (χ1n) is 10.7. The summed E-state index contributed by atoms with van der Waals surface area (Å²) in [7, 11) is 0. The van der Waals surface area contributed by atoms with Gasteiger partial charge < -0.3 is 20.9 Å². The maximum Gasteiger partial charge on any atom is 0.250 e. The quantitative estimate of drug-likeness (QED) is 0.532. The van der Waals surface area contributed by atoms with Crippen LogP contribution in [0.15, 0.2) is 48.7 Å². The van der Waals surface area contributed by atoms with E-state index < -0.39 is 41.7 Å². The summed E-state index contributed by atoms with van der Waals surface area (Å²) < 4.78 is 30.2. The summed E-state index contributed by atoms with van der Waals surface area (Å²) in [5, 5.41) is 0.526. The fourth-order valence-electron chi connectivity index (χ4n) is 4.43. The number of primary amides is 1. The number of aromatic nitrogens is 1. The average molecular weight is 489 g/mol. The highest BCUT2D eigenvalue weighted by Crippen LogP contribution is 2.26. The van der Waals surface area contributed by atoms with Gasteiger partial charge in [-0.05, 0) is 24.1 Å². The van der Waals surface area contributed by atoms with Gasteiger partial charge in [0.25, 0.3) is 5.91 Å². The Balaban J connectivity index is 1.54. The third kappa shape index (κ3) is 4.41. The van der Waals surface area contributed by atoms with Crippen LogP contribution in [0.5, 0.6) is 0 Å². The number of likely N-dealkylation sites (tertiary alicyclic amines) is 1. The van der Waals surface area contributed by atoms with E-state index >= 15 is 0 Å². The standard InChI is InChI=1S/C24H23ClF2N4O3/c25-16-6-3-4-13(21(16)27)8-9-19(32)23-22(28)17(26)11-31(23)20(33)12-30-10-15(24(29)34)14-5-1-2-7-18(14)30/h1-7,10,17,22-23H,8-9,11-12,28H2,(H2,29,34)/t17-,22+,23+/m0/s1. The lowest BCUT2D eigenvalue weighted by Gasteiger charge is -2.25. The minimum atomic E-state index is -1.58. The smallest absolute Gasteiger partial charge is 0.250 e. The summed E-state index contributed by atoms with van der Waals surface area (Å²) >= 11 is 5.79. The zero-order valence-corrected chi connectivity index (χ0v) is 18.8. The zero-order valence-electron chi connectivity index (χ0n) is 18.1. The van der Waals surface area contributed by atoms with Gasteiger partial charge >= 0.3 is 0 Å². The van der Waals surface area contributed by atoms with Crippen molar-refractivity contribution >= 4 is 40.1 Å². The number of rotatable bonds is 7. The maximum atomic E-state index is 14.5. The topological polar surface area (TPSA) is 111 Å². The molecule has 1 saturated heterocycles. The number of halogens is 3. The van der Waals surface area contributed by atoms with Crippen LogP contribution in [-0.4, -0.2) is 51.9 Å². The van der Waals surface area contributed by atoms with Crippen molar-refractivity contribution < 1.29 is 23.2 Å². The Morgan fingerprint density at radius 3 is 2.59 bits per heavy atom. The fraction of sp³-hybridized carbons (Fsp3) is 0.292. The molecule has 4 N–H and O–H groups in total. The number of amides is 2. The van der Waals surface area contributed by atoms with Gasteiger partial charge in [0, 0.05) is 23.5 Å². The normalized spacial score (nSPS) is 20.1. The van der Waals surface area contributed by atoms with Crippen molar-refractivity contribution in [1.82, 2.24) is 9.47 Å². The number of ketones is 1. The van der Waals surface area contributed by atoms with Crippen LogP contribution in [0.25, 0.3) is 10.9 Å². The molecule has 3 atom stereocenters. The number of alkyl halides is 1. The summed E-state index contributed by atoms with van der Waals surface area (Å²) in [6, 6.07) is 9.04. The van der Waals surface area contributed by atoms with Crippen LogP contribution in [0.3, 0.4) is 0 Å². The second kappa shape index (κ2) is 9.52. The third-order valence-corrected chi connectivity index (χ3v) is 6.46. The Labute approximate surface area is 199 Å². The van der Waals surface area contributed by atoms with Crippen LogP contribution in [0.2, 0.25) is 5.02 Å². The monoisotopic (exact) mass is 488 g/mol. The van der Waals surface area contributed by atoms with Gasteiger partial charge in [-0.2, -0.15) is 0 Å². The second-order valence-electron chi connectivity index (χ2n) is 8.32. The first-order valence-corrected chi connectivity index (χ1v) is 11.1. The van der Waals surface area contributed by atoms with Crippen molar-refractivity contribution in [3.8, 4) is 0 Å². The fourth-order valence-corrected chi connectivity index (χ4v) is 4.63. The van der Waals surface area contributed by atoms with Crippen LogP contribution in [-0.2, 0) is 22.6 Å². The molecule has 0 bridgehead atoms. The molecule has 1 aliphatic heterocycles. The van der Waals surface area contributed by atoms with E-state index in [2.05, 4.69) is 0 Å². The number of hydrogen-bond donors (Lipinski definition) is 2. The molecular weight excluding hydrogens is 466 g/mol. The maximum absolute atomic E-state index is 14.5. The molecular formula is C24H23ClF2N4O3. The van der Waals surface area contributed by atoms with Crippen LogP contribution >= 0.6 is 11.6 Å². The highest BCUT2D eigenvalue weighted by atomic mass is 35.5. The minimum Gasteiger partial charge on any atom is -0.366 e. The summed E-state index contributed by atoms with van der Waals surface area (Å²) in [6.45, 7) is -0.566.